The molecule has 4 aromatic carbocycles. The maximum atomic E-state index is 12.8. The Morgan fingerprint density at radius 2 is 0.556 bits per heavy atom. The molecule has 0 aliphatic rings. The van der Waals surface area contributed by atoms with Crippen molar-refractivity contribution in [1.82, 2.24) is 0 Å². The van der Waals surface area contributed by atoms with Crippen LogP contribution in [0, 0.1) is 35.5 Å². The lowest BCUT2D eigenvalue weighted by atomic mass is 9.96. The molecular weight excluding hydrogens is 696 g/mol. The van der Waals surface area contributed by atoms with Crippen LogP contribution in [0.4, 0.5) is 0 Å². The Morgan fingerprint density at radius 3 is 0.778 bits per heavy atom. The monoisotopic (exact) mass is 726 g/mol. The Morgan fingerprint density at radius 1 is 0.333 bits per heavy atom. The van der Waals surface area contributed by atoms with E-state index in [4.69, 9.17) is 28.4 Å². The number of rotatable bonds is 6. The van der Waals surface area contributed by atoms with Gasteiger partial charge in [-0.05, 0) is 72.8 Å². The first-order valence-corrected chi connectivity index (χ1v) is 15.6. The van der Waals surface area contributed by atoms with Gasteiger partial charge < -0.3 is 28.4 Å². The van der Waals surface area contributed by atoms with Crippen molar-refractivity contribution in [3.05, 3.63) is 140 Å². The fraction of sp³-hybridized carbons (Fsp3) is 0.143. The summed E-state index contributed by atoms with van der Waals surface area (Å²) in [4.78, 5) is 74.9. The summed E-state index contributed by atoms with van der Waals surface area (Å²) in [5.74, 6) is 13.3. The number of hydrogen-bond acceptors (Lipinski definition) is 12. The van der Waals surface area contributed by atoms with Gasteiger partial charge in [0.25, 0.3) is 0 Å². The molecule has 4 rings (SSSR count). The van der Waals surface area contributed by atoms with E-state index in [0.717, 1.165) is 28.4 Å². The third kappa shape index (κ3) is 9.18. The highest BCUT2D eigenvalue weighted by molar-refractivity contribution is 6.05. The third-order valence-electron chi connectivity index (χ3n) is 7.56. The number of hydrogen-bond donors (Lipinski definition) is 0. The van der Waals surface area contributed by atoms with Crippen LogP contribution >= 0.6 is 0 Å². The maximum Gasteiger partial charge on any atom is 0.338 e. The molecule has 4 aromatic rings. The number of methoxy groups -OCH3 is 6. The molecule has 0 bridgehead atoms. The molecule has 0 aliphatic carbocycles. The fourth-order valence-corrected chi connectivity index (χ4v) is 4.76. The quantitative estimate of drug-likeness (QED) is 0.155. The summed E-state index contributed by atoms with van der Waals surface area (Å²) in [6.07, 6.45) is 0. The predicted molar refractivity (Wildman–Crippen MR) is 192 cm³/mol. The van der Waals surface area contributed by atoms with Gasteiger partial charge in [0.1, 0.15) is 0 Å². The molecule has 0 unspecified atom stereocenters. The standard InChI is InChI=1S/C42H30O12/c1-49-37(43)27-13-7-25(8-14-27)11-17-29-21-33(39(45)51-3)35(41(47)53-5)23-31(29)19-20-32-24-36(42(48)54-6)34(40(46)52-4)22-30(32)18-12-26-9-15-28(16-10-26)38(44)50-2/h7-10,13-16,21-24H,1-6H3. The van der Waals surface area contributed by atoms with E-state index in [1.54, 1.807) is 24.3 Å². The molecule has 0 aliphatic heterocycles. The fourth-order valence-electron chi connectivity index (χ4n) is 4.76. The number of carbonyl (C=O) groups excluding carboxylic acids is 6. The van der Waals surface area contributed by atoms with Crippen LogP contribution < -0.4 is 0 Å². The summed E-state index contributed by atoms with van der Waals surface area (Å²) in [6, 6.07) is 17.8. The second-order valence-corrected chi connectivity index (χ2v) is 10.7. The second-order valence-electron chi connectivity index (χ2n) is 10.7. The molecule has 0 radical (unpaired) electrons. The first-order chi connectivity index (χ1) is 26.0. The minimum Gasteiger partial charge on any atom is -0.465 e. The molecule has 0 heterocycles. The zero-order valence-corrected chi connectivity index (χ0v) is 29.8. The van der Waals surface area contributed by atoms with Gasteiger partial charge in [0, 0.05) is 33.4 Å². The smallest absolute Gasteiger partial charge is 0.338 e. The molecule has 0 saturated carbocycles. The van der Waals surface area contributed by atoms with E-state index in [1.165, 1.54) is 62.8 Å². The van der Waals surface area contributed by atoms with E-state index >= 15 is 0 Å². The summed E-state index contributed by atoms with van der Waals surface area (Å²) in [6.45, 7) is 0. The molecule has 0 fully saturated rings. The van der Waals surface area contributed by atoms with Crippen LogP contribution in [0.2, 0.25) is 0 Å². The van der Waals surface area contributed by atoms with E-state index in [2.05, 4.69) is 35.5 Å². The van der Waals surface area contributed by atoms with Gasteiger partial charge in [-0.2, -0.15) is 0 Å². The molecule has 54 heavy (non-hydrogen) atoms. The molecule has 0 saturated heterocycles. The van der Waals surface area contributed by atoms with Crippen molar-refractivity contribution in [2.45, 2.75) is 0 Å². The summed E-state index contributed by atoms with van der Waals surface area (Å²) in [5, 5.41) is 0. The number of esters is 6. The molecule has 12 nitrogen and oxygen atoms in total. The van der Waals surface area contributed by atoms with Crippen LogP contribution in [0.3, 0.4) is 0 Å². The Balaban J connectivity index is 1.97. The molecule has 0 atom stereocenters. The van der Waals surface area contributed by atoms with Gasteiger partial charge in [0.15, 0.2) is 0 Å². The van der Waals surface area contributed by atoms with Crippen molar-refractivity contribution in [3.8, 4) is 35.5 Å². The molecule has 0 amide bonds. The Labute approximate surface area is 310 Å². The van der Waals surface area contributed by atoms with E-state index in [9.17, 15) is 28.8 Å². The van der Waals surface area contributed by atoms with E-state index in [0.29, 0.717) is 22.3 Å². The number of ether oxygens (including phenoxy) is 6. The van der Waals surface area contributed by atoms with E-state index < -0.39 is 35.8 Å². The first kappa shape index (κ1) is 39.2. The van der Waals surface area contributed by atoms with E-state index in [-0.39, 0.29) is 44.5 Å². The van der Waals surface area contributed by atoms with Gasteiger partial charge in [0.2, 0.25) is 0 Å². The molecule has 0 aromatic heterocycles. The van der Waals surface area contributed by atoms with Gasteiger partial charge in [-0.15, -0.1) is 0 Å². The van der Waals surface area contributed by atoms with E-state index in [1.807, 2.05) is 0 Å². The van der Waals surface area contributed by atoms with Crippen LogP contribution in [0.25, 0.3) is 0 Å². The zero-order valence-electron chi connectivity index (χ0n) is 29.8. The van der Waals surface area contributed by atoms with Gasteiger partial charge in [-0.1, -0.05) is 35.5 Å². The molecular formula is C42H30O12. The molecule has 0 N–H and O–H groups in total. The Bertz CT molecular complexity index is 2190. The van der Waals surface area contributed by atoms with Gasteiger partial charge in [0.05, 0.1) is 76.0 Å². The van der Waals surface area contributed by atoms with Crippen molar-refractivity contribution in [2.24, 2.45) is 0 Å². The van der Waals surface area contributed by atoms with Gasteiger partial charge >= 0.3 is 35.8 Å². The normalized spacial score (nSPS) is 9.67. The Hall–Kier alpha value is -7.62. The highest BCUT2D eigenvalue weighted by Gasteiger charge is 2.23. The predicted octanol–water partition coefficient (Wildman–Crippen LogP) is 4.61. The SMILES string of the molecule is COC(=O)c1ccc(C#Cc2cc(C(=O)OC)c(C(=O)OC)cc2C#Cc2cc(C(=O)OC)c(C(=O)OC)cc2C#Cc2ccc(C(=O)OC)cc2)cc1. The third-order valence-corrected chi connectivity index (χ3v) is 7.56. The summed E-state index contributed by atoms with van der Waals surface area (Å²) in [7, 11) is 7.12. The van der Waals surface area contributed by atoms with Crippen LogP contribution in [0.15, 0.2) is 72.8 Å². The average Bonchev–Trinajstić information content (AvgIpc) is 3.22. The van der Waals surface area contributed by atoms with Gasteiger partial charge in [-0.3, -0.25) is 0 Å². The highest BCUT2D eigenvalue weighted by atomic mass is 16.5. The number of benzene rings is 4. The summed E-state index contributed by atoms with van der Waals surface area (Å²) in [5.41, 5.74) is 1.75. The molecule has 12 heteroatoms. The largest absolute Gasteiger partial charge is 0.465 e. The first-order valence-electron chi connectivity index (χ1n) is 15.6. The van der Waals surface area contributed by atoms with Gasteiger partial charge in [-0.25, -0.2) is 28.8 Å². The van der Waals surface area contributed by atoms with Crippen molar-refractivity contribution < 1.29 is 57.2 Å². The Kier molecular flexibility index (Phi) is 13.1. The van der Waals surface area contributed by atoms with Crippen LogP contribution in [0.1, 0.15) is 95.5 Å². The lowest BCUT2D eigenvalue weighted by molar-refractivity contribution is 0.0555. The van der Waals surface area contributed by atoms with Crippen LogP contribution in [0.5, 0.6) is 0 Å². The lowest BCUT2D eigenvalue weighted by Crippen LogP contribution is -2.13. The van der Waals surface area contributed by atoms with Crippen molar-refractivity contribution in [2.75, 3.05) is 42.7 Å². The second kappa shape index (κ2) is 18.0. The van der Waals surface area contributed by atoms with Crippen molar-refractivity contribution >= 4 is 35.8 Å². The average molecular weight is 727 g/mol. The van der Waals surface area contributed by atoms with Crippen molar-refractivity contribution in [1.29, 1.82) is 0 Å². The lowest BCUT2D eigenvalue weighted by Gasteiger charge is -2.10. The maximum absolute atomic E-state index is 12.8. The minimum absolute atomic E-state index is 0.138. The van der Waals surface area contributed by atoms with Crippen LogP contribution in [-0.2, 0) is 28.4 Å². The summed E-state index contributed by atoms with van der Waals surface area (Å²) < 4.78 is 29.1. The van der Waals surface area contributed by atoms with Crippen LogP contribution in [-0.4, -0.2) is 78.5 Å². The topological polar surface area (TPSA) is 158 Å². The molecule has 270 valence electrons. The van der Waals surface area contributed by atoms with Crippen molar-refractivity contribution in [3.63, 3.8) is 0 Å². The zero-order chi connectivity index (χ0) is 39.4. The summed E-state index contributed by atoms with van der Waals surface area (Å²) >= 11 is 0. The highest BCUT2D eigenvalue weighted by Crippen LogP contribution is 2.22. The molecule has 0 spiro atoms. The minimum atomic E-state index is -0.850. The number of carbonyl (C=O) groups is 6.